The van der Waals surface area contributed by atoms with Crippen molar-refractivity contribution in [1.29, 1.82) is 0 Å². The van der Waals surface area contributed by atoms with Crippen LogP contribution >= 0.6 is 31.9 Å². The van der Waals surface area contributed by atoms with Crippen LogP contribution in [0.2, 0.25) is 0 Å². The molecule has 0 aliphatic heterocycles. The van der Waals surface area contributed by atoms with Gasteiger partial charge < -0.3 is 9.84 Å². The Morgan fingerprint density at radius 1 is 1.00 bits per heavy atom. The molecular weight excluding hydrogens is 379 g/mol. The molecule has 0 saturated heterocycles. The maximum Gasteiger partial charge on any atom is 0.130 e. The lowest BCUT2D eigenvalue weighted by molar-refractivity contribution is 0.257. The molecule has 0 aliphatic rings. The highest BCUT2D eigenvalue weighted by Gasteiger charge is 2.07. The van der Waals surface area contributed by atoms with Gasteiger partial charge in [-0.2, -0.15) is 0 Å². The quantitative estimate of drug-likeness (QED) is 0.838. The van der Waals surface area contributed by atoms with E-state index in [2.05, 4.69) is 31.9 Å². The second kappa shape index (κ2) is 6.50. The zero-order chi connectivity index (χ0) is 13.8. The maximum atomic E-state index is 13.6. The van der Waals surface area contributed by atoms with Crippen molar-refractivity contribution in [1.82, 2.24) is 0 Å². The van der Waals surface area contributed by atoms with Crippen molar-refractivity contribution in [2.45, 2.75) is 13.2 Å². The van der Waals surface area contributed by atoms with Gasteiger partial charge in [-0.1, -0.05) is 37.9 Å². The minimum absolute atomic E-state index is 0.119. The van der Waals surface area contributed by atoms with E-state index in [0.29, 0.717) is 21.3 Å². The molecule has 0 heterocycles. The normalized spacial score (nSPS) is 10.5. The minimum atomic E-state index is -0.322. The van der Waals surface area contributed by atoms with Crippen molar-refractivity contribution in [3.8, 4) is 5.75 Å². The Balaban J connectivity index is 2.14. The van der Waals surface area contributed by atoms with E-state index in [-0.39, 0.29) is 19.0 Å². The minimum Gasteiger partial charge on any atom is -0.488 e. The molecule has 0 aromatic heterocycles. The third kappa shape index (κ3) is 3.78. The number of aliphatic hydroxyl groups is 1. The fourth-order valence-electron chi connectivity index (χ4n) is 1.61. The van der Waals surface area contributed by atoms with Crippen LogP contribution in [-0.4, -0.2) is 5.11 Å². The van der Waals surface area contributed by atoms with Crippen LogP contribution in [0.5, 0.6) is 5.75 Å². The Kier molecular flexibility index (Phi) is 4.96. The number of hydrogen-bond donors (Lipinski definition) is 1. The molecule has 1 N–H and O–H groups in total. The summed E-state index contributed by atoms with van der Waals surface area (Å²) in [5, 5.41) is 9.25. The van der Waals surface area contributed by atoms with Crippen LogP contribution in [0.3, 0.4) is 0 Å². The van der Waals surface area contributed by atoms with E-state index in [9.17, 15) is 9.50 Å². The first-order valence-corrected chi connectivity index (χ1v) is 7.15. The average Bonchev–Trinajstić information content (AvgIpc) is 2.39. The molecule has 2 rings (SSSR count). The van der Waals surface area contributed by atoms with E-state index in [1.165, 1.54) is 6.07 Å². The summed E-state index contributed by atoms with van der Waals surface area (Å²) in [4.78, 5) is 0. The number of ether oxygens (including phenoxy) is 1. The van der Waals surface area contributed by atoms with Gasteiger partial charge in [-0.05, 0) is 30.3 Å². The second-order valence-electron chi connectivity index (χ2n) is 3.93. The summed E-state index contributed by atoms with van der Waals surface area (Å²) < 4.78 is 20.7. The monoisotopic (exact) mass is 388 g/mol. The van der Waals surface area contributed by atoms with E-state index in [0.717, 1.165) is 4.47 Å². The highest BCUT2D eigenvalue weighted by atomic mass is 79.9. The van der Waals surface area contributed by atoms with E-state index in [1.807, 2.05) is 6.07 Å². The predicted molar refractivity (Wildman–Crippen MR) is 78.5 cm³/mol. The number of halogens is 3. The van der Waals surface area contributed by atoms with Crippen LogP contribution in [0.1, 0.15) is 11.1 Å². The summed E-state index contributed by atoms with van der Waals surface area (Å²) in [7, 11) is 0. The van der Waals surface area contributed by atoms with Crippen LogP contribution in [0.25, 0.3) is 0 Å². The molecular formula is C14H11Br2FO2. The van der Waals surface area contributed by atoms with Crippen LogP contribution in [0.15, 0.2) is 45.3 Å². The maximum absolute atomic E-state index is 13.6. The Morgan fingerprint density at radius 3 is 2.37 bits per heavy atom. The molecule has 2 aromatic rings. The fraction of sp³-hybridized carbons (Fsp3) is 0.143. The topological polar surface area (TPSA) is 29.5 Å². The first kappa shape index (κ1) is 14.5. The number of benzene rings is 2. The number of aliphatic hydroxyl groups excluding tert-OH is 1. The molecule has 100 valence electrons. The van der Waals surface area contributed by atoms with Gasteiger partial charge in [-0.25, -0.2) is 4.39 Å². The van der Waals surface area contributed by atoms with Crippen LogP contribution < -0.4 is 4.74 Å². The van der Waals surface area contributed by atoms with Crippen molar-refractivity contribution >= 4 is 31.9 Å². The largest absolute Gasteiger partial charge is 0.488 e. The Hall–Kier alpha value is -0.910. The SMILES string of the molecule is OCc1cc(Br)ccc1OCc1ccc(Br)cc1F. The van der Waals surface area contributed by atoms with E-state index in [4.69, 9.17) is 4.74 Å². The first-order chi connectivity index (χ1) is 9.10. The molecule has 0 saturated carbocycles. The molecule has 2 nitrogen and oxygen atoms in total. The van der Waals surface area contributed by atoms with E-state index >= 15 is 0 Å². The number of rotatable bonds is 4. The van der Waals surface area contributed by atoms with Gasteiger partial charge in [-0.15, -0.1) is 0 Å². The van der Waals surface area contributed by atoms with Gasteiger partial charge in [0.05, 0.1) is 6.61 Å². The standard InChI is InChI=1S/C14H11Br2FO2/c15-11-3-4-14(10(5-11)7-18)19-8-9-1-2-12(16)6-13(9)17/h1-6,18H,7-8H2. The van der Waals surface area contributed by atoms with Gasteiger partial charge >= 0.3 is 0 Å². The lowest BCUT2D eigenvalue weighted by atomic mass is 10.2. The van der Waals surface area contributed by atoms with Crippen molar-refractivity contribution in [3.63, 3.8) is 0 Å². The molecule has 0 spiro atoms. The Bertz CT molecular complexity index is 588. The van der Waals surface area contributed by atoms with Crippen LogP contribution in [0, 0.1) is 5.82 Å². The summed E-state index contributed by atoms with van der Waals surface area (Å²) in [6.07, 6.45) is 0. The number of hydrogen-bond acceptors (Lipinski definition) is 2. The summed E-state index contributed by atoms with van der Waals surface area (Å²) in [6, 6.07) is 10.1. The third-order valence-corrected chi connectivity index (χ3v) is 3.58. The molecule has 0 aliphatic carbocycles. The van der Waals surface area contributed by atoms with Crippen LogP contribution in [0.4, 0.5) is 4.39 Å². The summed E-state index contributed by atoms with van der Waals surface area (Å²) in [5.74, 6) is 0.227. The molecule has 0 amide bonds. The molecule has 2 aromatic carbocycles. The van der Waals surface area contributed by atoms with Crippen molar-refractivity contribution in [2.24, 2.45) is 0 Å². The van der Waals surface area contributed by atoms with Gasteiger partial charge in [0, 0.05) is 20.1 Å². The lowest BCUT2D eigenvalue weighted by Gasteiger charge is -2.11. The van der Waals surface area contributed by atoms with E-state index in [1.54, 1.807) is 24.3 Å². The highest BCUT2D eigenvalue weighted by molar-refractivity contribution is 9.10. The van der Waals surface area contributed by atoms with Gasteiger partial charge in [0.2, 0.25) is 0 Å². The molecule has 0 atom stereocenters. The molecule has 5 heteroatoms. The molecule has 0 bridgehead atoms. The lowest BCUT2D eigenvalue weighted by Crippen LogP contribution is -2.01. The average molecular weight is 390 g/mol. The highest BCUT2D eigenvalue weighted by Crippen LogP contribution is 2.25. The van der Waals surface area contributed by atoms with Crippen molar-refractivity contribution in [3.05, 3.63) is 62.3 Å². The summed E-state index contributed by atoms with van der Waals surface area (Å²) in [6.45, 7) is -0.00859. The predicted octanol–water partition coefficient (Wildman–Crippen LogP) is 4.42. The zero-order valence-electron chi connectivity index (χ0n) is 9.87. The zero-order valence-corrected chi connectivity index (χ0v) is 13.0. The third-order valence-electron chi connectivity index (χ3n) is 2.59. The molecule has 0 fully saturated rings. The van der Waals surface area contributed by atoms with Crippen molar-refractivity contribution in [2.75, 3.05) is 0 Å². The molecule has 0 unspecified atom stereocenters. The first-order valence-electron chi connectivity index (χ1n) is 5.56. The molecule has 19 heavy (non-hydrogen) atoms. The van der Waals surface area contributed by atoms with Gasteiger partial charge in [0.1, 0.15) is 18.2 Å². The van der Waals surface area contributed by atoms with Gasteiger partial charge in [0.15, 0.2) is 0 Å². The Morgan fingerprint density at radius 2 is 1.68 bits per heavy atom. The fourth-order valence-corrected chi connectivity index (χ4v) is 2.35. The summed E-state index contributed by atoms with van der Waals surface area (Å²) >= 11 is 6.52. The van der Waals surface area contributed by atoms with Crippen LogP contribution in [-0.2, 0) is 13.2 Å². The second-order valence-corrected chi connectivity index (χ2v) is 5.77. The van der Waals surface area contributed by atoms with E-state index < -0.39 is 0 Å². The van der Waals surface area contributed by atoms with Gasteiger partial charge in [-0.3, -0.25) is 0 Å². The smallest absolute Gasteiger partial charge is 0.130 e. The van der Waals surface area contributed by atoms with Gasteiger partial charge in [0.25, 0.3) is 0 Å². The Labute approximate surface area is 127 Å². The summed E-state index contributed by atoms with van der Waals surface area (Å²) in [5.41, 5.74) is 1.13. The van der Waals surface area contributed by atoms with Crippen molar-refractivity contribution < 1.29 is 14.2 Å². The molecule has 0 radical (unpaired) electrons.